The maximum Gasteiger partial charge on any atom is 0.488 e. The lowest BCUT2D eigenvalue weighted by Crippen LogP contribution is -2.40. The Morgan fingerprint density at radius 1 is 1.14 bits per heavy atom. The molecular formula is C16H22BNO3. The van der Waals surface area contributed by atoms with Crippen molar-refractivity contribution in [3.63, 3.8) is 0 Å². The molecule has 3 aliphatic rings. The van der Waals surface area contributed by atoms with Crippen LogP contribution in [0.3, 0.4) is 0 Å². The molecule has 1 aliphatic carbocycles. The van der Waals surface area contributed by atoms with E-state index in [4.69, 9.17) is 4.74 Å². The first-order chi connectivity index (χ1) is 10.2. The number of likely N-dealkylation sites (tertiary alicyclic amines) is 1. The Labute approximate surface area is 125 Å². The van der Waals surface area contributed by atoms with Crippen LogP contribution in [0, 0.1) is 5.92 Å². The number of ether oxygens (including phenoxy) is 1. The summed E-state index contributed by atoms with van der Waals surface area (Å²) in [5, 5.41) is 18.4. The second-order valence-corrected chi connectivity index (χ2v) is 6.83. The van der Waals surface area contributed by atoms with Crippen molar-refractivity contribution in [3.05, 3.63) is 29.8 Å². The molecule has 4 nitrogen and oxygen atoms in total. The normalized spacial score (nSPS) is 33.0. The van der Waals surface area contributed by atoms with E-state index in [1.54, 1.807) is 0 Å². The molecule has 2 saturated heterocycles. The van der Waals surface area contributed by atoms with Gasteiger partial charge in [0, 0.05) is 37.8 Å². The van der Waals surface area contributed by atoms with Crippen molar-refractivity contribution in [2.45, 2.75) is 30.7 Å². The summed E-state index contributed by atoms with van der Waals surface area (Å²) in [4.78, 5) is 2.66. The van der Waals surface area contributed by atoms with Crippen molar-refractivity contribution in [1.82, 2.24) is 4.90 Å². The number of fused-ring (bicyclic) bond motifs is 1. The highest BCUT2D eigenvalue weighted by molar-refractivity contribution is 6.58. The van der Waals surface area contributed by atoms with Gasteiger partial charge in [0.15, 0.2) is 0 Å². The number of hydrogen-bond donors (Lipinski definition) is 2. The highest BCUT2D eigenvalue weighted by Crippen LogP contribution is 2.59. The smallest absolute Gasteiger partial charge is 0.423 e. The third kappa shape index (κ3) is 2.32. The first kappa shape index (κ1) is 13.8. The van der Waals surface area contributed by atoms with E-state index >= 15 is 0 Å². The fraction of sp³-hybridized carbons (Fsp3) is 0.625. The van der Waals surface area contributed by atoms with Gasteiger partial charge in [-0.25, -0.2) is 0 Å². The van der Waals surface area contributed by atoms with Crippen LogP contribution in [0.1, 0.15) is 24.8 Å². The molecule has 3 fully saturated rings. The molecule has 2 N–H and O–H groups in total. The molecule has 4 rings (SSSR count). The first-order valence-corrected chi connectivity index (χ1v) is 7.97. The van der Waals surface area contributed by atoms with Crippen LogP contribution in [0.2, 0.25) is 0 Å². The van der Waals surface area contributed by atoms with Gasteiger partial charge in [0.2, 0.25) is 0 Å². The third-order valence-electron chi connectivity index (χ3n) is 5.66. The molecule has 2 aliphatic heterocycles. The zero-order chi connectivity index (χ0) is 14.4. The topological polar surface area (TPSA) is 52.9 Å². The Morgan fingerprint density at radius 3 is 2.52 bits per heavy atom. The average molecular weight is 287 g/mol. The van der Waals surface area contributed by atoms with Gasteiger partial charge in [-0.15, -0.1) is 0 Å². The summed E-state index contributed by atoms with van der Waals surface area (Å²) in [6, 6.07) is 8.56. The SMILES string of the molecule is OB(O)c1ccc([C@@]23C[C@@H]2CN(C2CCOCC2)C3)cc1. The van der Waals surface area contributed by atoms with Gasteiger partial charge in [0.05, 0.1) is 0 Å². The molecule has 1 aromatic carbocycles. The van der Waals surface area contributed by atoms with E-state index in [0.29, 0.717) is 16.9 Å². The van der Waals surface area contributed by atoms with Gasteiger partial charge in [0.1, 0.15) is 0 Å². The standard InChI is InChI=1S/C16H22BNO3/c19-17(20)14-3-1-12(2-4-14)16-9-13(16)10-18(11-16)15-5-7-21-8-6-15/h1-4,13,15,19-20H,5-11H2/t13-,16+/m1/s1. The van der Waals surface area contributed by atoms with E-state index in [2.05, 4.69) is 17.0 Å². The van der Waals surface area contributed by atoms with Crippen molar-refractivity contribution < 1.29 is 14.8 Å². The lowest BCUT2D eigenvalue weighted by atomic mass is 9.79. The second-order valence-electron chi connectivity index (χ2n) is 6.83. The third-order valence-corrected chi connectivity index (χ3v) is 5.66. The number of benzene rings is 1. The molecule has 0 spiro atoms. The van der Waals surface area contributed by atoms with Gasteiger partial charge in [-0.05, 0) is 36.2 Å². The highest BCUT2D eigenvalue weighted by Gasteiger charge is 2.61. The minimum Gasteiger partial charge on any atom is -0.423 e. The summed E-state index contributed by atoms with van der Waals surface area (Å²) < 4.78 is 5.47. The maximum atomic E-state index is 9.20. The summed E-state index contributed by atoms with van der Waals surface area (Å²) >= 11 is 0. The number of rotatable bonds is 3. The first-order valence-electron chi connectivity index (χ1n) is 7.97. The quantitative estimate of drug-likeness (QED) is 0.775. The Bertz CT molecular complexity index is 515. The van der Waals surface area contributed by atoms with Crippen LogP contribution in [0.4, 0.5) is 0 Å². The molecule has 21 heavy (non-hydrogen) atoms. The molecule has 112 valence electrons. The number of hydrogen-bond acceptors (Lipinski definition) is 4. The van der Waals surface area contributed by atoms with Crippen molar-refractivity contribution in [2.75, 3.05) is 26.3 Å². The van der Waals surface area contributed by atoms with Crippen molar-refractivity contribution in [2.24, 2.45) is 5.92 Å². The molecule has 5 heteroatoms. The van der Waals surface area contributed by atoms with Crippen LogP contribution in [-0.2, 0) is 10.2 Å². The highest BCUT2D eigenvalue weighted by atomic mass is 16.5. The minimum absolute atomic E-state index is 0.331. The summed E-state index contributed by atoms with van der Waals surface area (Å²) in [5.41, 5.74) is 2.27. The van der Waals surface area contributed by atoms with Crippen LogP contribution in [0.5, 0.6) is 0 Å². The average Bonchev–Trinajstić information content (AvgIpc) is 3.10. The number of nitrogens with zero attached hydrogens (tertiary/aromatic N) is 1. The van der Waals surface area contributed by atoms with E-state index in [0.717, 1.165) is 25.7 Å². The minimum atomic E-state index is -1.37. The Balaban J connectivity index is 1.48. The van der Waals surface area contributed by atoms with Crippen LogP contribution < -0.4 is 5.46 Å². The second kappa shape index (κ2) is 5.09. The molecule has 1 saturated carbocycles. The maximum absolute atomic E-state index is 9.20. The molecule has 0 amide bonds. The molecule has 1 aromatic rings. The molecule has 0 bridgehead atoms. The summed E-state index contributed by atoms with van der Waals surface area (Å²) in [6.07, 6.45) is 3.62. The van der Waals surface area contributed by atoms with Crippen molar-refractivity contribution in [1.29, 1.82) is 0 Å². The molecule has 0 aromatic heterocycles. The fourth-order valence-electron chi connectivity index (χ4n) is 4.28. The Hall–Kier alpha value is -0.875. The van der Waals surface area contributed by atoms with Gasteiger partial charge >= 0.3 is 7.12 Å². The summed E-state index contributed by atoms with van der Waals surface area (Å²) in [5.74, 6) is 0.783. The lowest BCUT2D eigenvalue weighted by molar-refractivity contribution is 0.0378. The molecular weight excluding hydrogens is 265 g/mol. The molecule has 2 atom stereocenters. The molecule has 0 unspecified atom stereocenters. The van der Waals surface area contributed by atoms with Crippen molar-refractivity contribution in [3.8, 4) is 0 Å². The van der Waals surface area contributed by atoms with E-state index in [1.165, 1.54) is 31.4 Å². The summed E-state index contributed by atoms with van der Waals surface area (Å²) in [6.45, 7) is 4.18. The predicted octanol–water partition coefficient (Wildman–Crippen LogP) is 0.119. The zero-order valence-corrected chi connectivity index (χ0v) is 12.2. The van der Waals surface area contributed by atoms with Gasteiger partial charge in [-0.2, -0.15) is 0 Å². The van der Waals surface area contributed by atoms with Gasteiger partial charge in [-0.3, -0.25) is 4.90 Å². The monoisotopic (exact) mass is 287 g/mol. The zero-order valence-electron chi connectivity index (χ0n) is 12.2. The van der Waals surface area contributed by atoms with Gasteiger partial charge < -0.3 is 14.8 Å². The Kier molecular flexibility index (Phi) is 3.34. The molecule has 2 heterocycles. The van der Waals surface area contributed by atoms with Crippen LogP contribution in [-0.4, -0.2) is 54.4 Å². The lowest BCUT2D eigenvalue weighted by Gasteiger charge is -2.33. The van der Waals surface area contributed by atoms with Crippen LogP contribution in [0.15, 0.2) is 24.3 Å². The Morgan fingerprint density at radius 2 is 1.86 bits per heavy atom. The van der Waals surface area contributed by atoms with E-state index in [1.807, 2.05) is 12.1 Å². The van der Waals surface area contributed by atoms with E-state index in [-0.39, 0.29) is 0 Å². The van der Waals surface area contributed by atoms with E-state index < -0.39 is 7.12 Å². The van der Waals surface area contributed by atoms with Crippen molar-refractivity contribution >= 4 is 12.6 Å². The van der Waals surface area contributed by atoms with Gasteiger partial charge in [-0.1, -0.05) is 24.3 Å². The fourth-order valence-corrected chi connectivity index (χ4v) is 4.28. The van der Waals surface area contributed by atoms with Crippen LogP contribution >= 0.6 is 0 Å². The summed E-state index contributed by atoms with van der Waals surface area (Å²) in [7, 11) is -1.37. The van der Waals surface area contributed by atoms with Gasteiger partial charge in [0.25, 0.3) is 0 Å². The number of piperidine rings is 1. The largest absolute Gasteiger partial charge is 0.488 e. The molecule has 0 radical (unpaired) electrons. The predicted molar refractivity (Wildman–Crippen MR) is 81.5 cm³/mol. The van der Waals surface area contributed by atoms with Crippen LogP contribution in [0.25, 0.3) is 0 Å². The van der Waals surface area contributed by atoms with E-state index in [9.17, 15) is 10.0 Å².